The van der Waals surface area contributed by atoms with E-state index in [1.165, 1.54) is 0 Å². The number of carboxylic acid groups (broad SMARTS) is 1. The highest BCUT2D eigenvalue weighted by Crippen LogP contribution is 2.35. The largest absolute Gasteiger partial charge is 0.477 e. The van der Waals surface area contributed by atoms with Crippen LogP contribution in [0.15, 0.2) is 30.3 Å². The first-order valence-electron chi connectivity index (χ1n) is 4.95. The summed E-state index contributed by atoms with van der Waals surface area (Å²) in [6.07, 6.45) is 0.458. The van der Waals surface area contributed by atoms with Gasteiger partial charge in [0.05, 0.1) is 5.69 Å². The maximum absolute atomic E-state index is 11.0. The highest BCUT2D eigenvalue weighted by Gasteiger charge is 2.15. The van der Waals surface area contributed by atoms with E-state index in [2.05, 4.69) is 5.32 Å². The van der Waals surface area contributed by atoms with Gasteiger partial charge in [-0.1, -0.05) is 23.7 Å². The highest BCUT2D eigenvalue weighted by molar-refractivity contribution is 7.18. The Labute approximate surface area is 112 Å². The minimum absolute atomic E-state index is 0.104. The minimum Gasteiger partial charge on any atom is -0.477 e. The SMILES string of the molecule is O=CNc1cc(-c2ccc(Cl)cc2)sc1C(=O)O. The number of hydrogen-bond donors (Lipinski definition) is 2. The molecule has 2 N–H and O–H groups in total. The maximum Gasteiger partial charge on any atom is 0.348 e. The van der Waals surface area contributed by atoms with E-state index in [-0.39, 0.29) is 4.88 Å². The van der Waals surface area contributed by atoms with Gasteiger partial charge in [0.15, 0.2) is 0 Å². The van der Waals surface area contributed by atoms with E-state index in [4.69, 9.17) is 16.7 Å². The summed E-state index contributed by atoms with van der Waals surface area (Å²) in [5, 5.41) is 12.0. The number of nitrogens with one attached hydrogen (secondary N) is 1. The third-order valence-electron chi connectivity index (χ3n) is 2.27. The Kier molecular flexibility index (Phi) is 3.64. The van der Waals surface area contributed by atoms with Gasteiger partial charge in [0.25, 0.3) is 0 Å². The van der Waals surface area contributed by atoms with E-state index in [0.717, 1.165) is 21.8 Å². The molecule has 6 heteroatoms. The van der Waals surface area contributed by atoms with Crippen molar-refractivity contribution < 1.29 is 14.7 Å². The Bertz CT molecular complexity index is 592. The number of aromatic carboxylic acids is 1. The first kappa shape index (κ1) is 12.6. The summed E-state index contributed by atoms with van der Waals surface area (Å²) >= 11 is 6.89. The number of hydrogen-bond acceptors (Lipinski definition) is 3. The molecule has 92 valence electrons. The fourth-order valence-corrected chi connectivity index (χ4v) is 2.57. The average Bonchev–Trinajstić information content (AvgIpc) is 2.75. The van der Waals surface area contributed by atoms with Gasteiger partial charge in [0.2, 0.25) is 6.41 Å². The Morgan fingerprint density at radius 1 is 1.33 bits per heavy atom. The number of benzene rings is 1. The lowest BCUT2D eigenvalue weighted by atomic mass is 10.2. The second kappa shape index (κ2) is 5.20. The lowest BCUT2D eigenvalue weighted by molar-refractivity contribution is -0.105. The predicted octanol–water partition coefficient (Wildman–Crippen LogP) is 3.34. The second-order valence-electron chi connectivity index (χ2n) is 3.43. The van der Waals surface area contributed by atoms with Crippen molar-refractivity contribution in [3.63, 3.8) is 0 Å². The van der Waals surface area contributed by atoms with Crippen LogP contribution in [0.1, 0.15) is 9.67 Å². The van der Waals surface area contributed by atoms with Gasteiger partial charge in [0.1, 0.15) is 4.88 Å². The molecule has 2 aromatic rings. The molecule has 4 nitrogen and oxygen atoms in total. The average molecular weight is 282 g/mol. The highest BCUT2D eigenvalue weighted by atomic mass is 35.5. The Hall–Kier alpha value is -1.85. The van der Waals surface area contributed by atoms with Gasteiger partial charge in [0, 0.05) is 9.90 Å². The molecule has 0 unspecified atom stereocenters. The van der Waals surface area contributed by atoms with Crippen molar-refractivity contribution in [2.75, 3.05) is 5.32 Å². The van der Waals surface area contributed by atoms with Crippen LogP contribution in [0.2, 0.25) is 5.02 Å². The normalized spacial score (nSPS) is 10.1. The van der Waals surface area contributed by atoms with Crippen molar-refractivity contribution in [2.45, 2.75) is 0 Å². The number of carbonyl (C=O) groups is 2. The van der Waals surface area contributed by atoms with Crippen LogP contribution in [0.3, 0.4) is 0 Å². The van der Waals surface area contributed by atoms with Crippen molar-refractivity contribution in [2.24, 2.45) is 0 Å². The Morgan fingerprint density at radius 2 is 2.00 bits per heavy atom. The summed E-state index contributed by atoms with van der Waals surface area (Å²) in [6.45, 7) is 0. The minimum atomic E-state index is -1.07. The van der Waals surface area contributed by atoms with Crippen LogP contribution < -0.4 is 5.32 Å². The standard InChI is InChI=1S/C12H8ClNO3S/c13-8-3-1-7(2-4-8)10-5-9(14-6-15)11(18-10)12(16)17/h1-6H,(H,14,15)(H,16,17). The zero-order valence-corrected chi connectivity index (χ0v) is 10.6. The van der Waals surface area contributed by atoms with E-state index in [1.54, 1.807) is 30.3 Å². The summed E-state index contributed by atoms with van der Waals surface area (Å²) in [6, 6.07) is 8.68. The number of carbonyl (C=O) groups excluding carboxylic acids is 1. The third-order valence-corrected chi connectivity index (χ3v) is 3.69. The van der Waals surface area contributed by atoms with Gasteiger partial charge in [-0.05, 0) is 23.8 Å². The van der Waals surface area contributed by atoms with Crippen molar-refractivity contribution in [1.82, 2.24) is 0 Å². The molecule has 0 aliphatic heterocycles. The van der Waals surface area contributed by atoms with E-state index in [1.807, 2.05) is 0 Å². The summed E-state index contributed by atoms with van der Waals surface area (Å²) in [5.41, 5.74) is 1.15. The van der Waals surface area contributed by atoms with E-state index in [0.29, 0.717) is 17.1 Å². The molecule has 0 spiro atoms. The van der Waals surface area contributed by atoms with Gasteiger partial charge < -0.3 is 10.4 Å². The van der Waals surface area contributed by atoms with Gasteiger partial charge in [-0.2, -0.15) is 0 Å². The van der Waals surface area contributed by atoms with Crippen LogP contribution in [0.25, 0.3) is 10.4 Å². The van der Waals surface area contributed by atoms with Crippen molar-refractivity contribution in [1.29, 1.82) is 0 Å². The molecule has 0 aliphatic carbocycles. The summed E-state index contributed by atoms with van der Waals surface area (Å²) in [5.74, 6) is -1.07. The monoisotopic (exact) mass is 281 g/mol. The molecule has 2 rings (SSSR count). The van der Waals surface area contributed by atoms with E-state index in [9.17, 15) is 9.59 Å². The number of carboxylic acids is 1. The van der Waals surface area contributed by atoms with Crippen LogP contribution in [0.4, 0.5) is 5.69 Å². The molecule has 1 aromatic carbocycles. The summed E-state index contributed by atoms with van der Waals surface area (Å²) < 4.78 is 0. The number of amides is 1. The number of thiophene rings is 1. The van der Waals surface area contributed by atoms with Crippen LogP contribution in [-0.4, -0.2) is 17.5 Å². The molecule has 0 saturated heterocycles. The molecule has 1 amide bonds. The second-order valence-corrected chi connectivity index (χ2v) is 4.92. The first-order chi connectivity index (χ1) is 8.61. The molecular weight excluding hydrogens is 274 g/mol. The molecule has 0 fully saturated rings. The molecule has 1 aromatic heterocycles. The topological polar surface area (TPSA) is 66.4 Å². The molecule has 0 radical (unpaired) electrons. The summed E-state index contributed by atoms with van der Waals surface area (Å²) in [7, 11) is 0. The molecule has 0 saturated carbocycles. The molecule has 1 heterocycles. The zero-order valence-electron chi connectivity index (χ0n) is 9.01. The maximum atomic E-state index is 11.0. The number of halogens is 1. The van der Waals surface area contributed by atoms with Crippen molar-refractivity contribution >= 4 is 41.0 Å². The lowest BCUT2D eigenvalue weighted by Gasteiger charge is -1.96. The molecule has 0 bridgehead atoms. The fourth-order valence-electron chi connectivity index (χ4n) is 1.48. The smallest absolute Gasteiger partial charge is 0.348 e. The quantitative estimate of drug-likeness (QED) is 0.845. The first-order valence-corrected chi connectivity index (χ1v) is 6.14. The van der Waals surface area contributed by atoms with E-state index >= 15 is 0 Å². The molecule has 0 aliphatic rings. The molecule has 18 heavy (non-hydrogen) atoms. The fraction of sp³-hybridized carbons (Fsp3) is 0. The van der Waals surface area contributed by atoms with Crippen molar-refractivity contribution in [3.05, 3.63) is 40.2 Å². The number of anilines is 1. The zero-order chi connectivity index (χ0) is 13.1. The van der Waals surface area contributed by atoms with Crippen LogP contribution >= 0.6 is 22.9 Å². The molecular formula is C12H8ClNO3S. The van der Waals surface area contributed by atoms with Gasteiger partial charge in [-0.15, -0.1) is 11.3 Å². The molecule has 0 atom stereocenters. The lowest BCUT2D eigenvalue weighted by Crippen LogP contribution is -2.00. The van der Waals surface area contributed by atoms with Gasteiger partial charge in [-0.3, -0.25) is 4.79 Å². The van der Waals surface area contributed by atoms with Crippen LogP contribution in [0, 0.1) is 0 Å². The van der Waals surface area contributed by atoms with Crippen molar-refractivity contribution in [3.8, 4) is 10.4 Å². The van der Waals surface area contributed by atoms with Gasteiger partial charge >= 0.3 is 5.97 Å². The third kappa shape index (κ3) is 2.52. The van der Waals surface area contributed by atoms with Crippen LogP contribution in [0.5, 0.6) is 0 Å². The Morgan fingerprint density at radius 3 is 2.56 bits per heavy atom. The number of rotatable bonds is 4. The predicted molar refractivity (Wildman–Crippen MR) is 71.4 cm³/mol. The van der Waals surface area contributed by atoms with Crippen LogP contribution in [-0.2, 0) is 4.79 Å². The Balaban J connectivity index is 2.45. The summed E-state index contributed by atoms with van der Waals surface area (Å²) in [4.78, 5) is 22.3. The van der Waals surface area contributed by atoms with Gasteiger partial charge in [-0.25, -0.2) is 4.79 Å². The van der Waals surface area contributed by atoms with E-state index < -0.39 is 5.97 Å².